The predicted octanol–water partition coefficient (Wildman–Crippen LogP) is 0.417. The third-order valence-electron chi connectivity index (χ3n) is 5.14. The van der Waals surface area contributed by atoms with Gasteiger partial charge >= 0.3 is 0 Å². The molecule has 0 unspecified atom stereocenters. The maximum absolute atomic E-state index is 12.5. The summed E-state index contributed by atoms with van der Waals surface area (Å²) in [5.74, 6) is 0.997. The number of aliphatic imine (C=N–C) groups is 1. The smallest absolute Gasteiger partial charge is 0.244 e. The van der Waals surface area contributed by atoms with Gasteiger partial charge in [0.25, 0.3) is 0 Å². The average Bonchev–Trinajstić information content (AvgIpc) is 3.61. The molecule has 1 saturated heterocycles. The summed E-state index contributed by atoms with van der Waals surface area (Å²) in [6.45, 7) is 7.02. The van der Waals surface area contributed by atoms with E-state index in [2.05, 4.69) is 38.0 Å². The van der Waals surface area contributed by atoms with E-state index >= 15 is 0 Å². The molecule has 1 aromatic carbocycles. The lowest BCUT2D eigenvalue weighted by Gasteiger charge is -2.36. The van der Waals surface area contributed by atoms with Crippen molar-refractivity contribution in [2.75, 3.05) is 57.3 Å². The fourth-order valence-corrected chi connectivity index (χ4v) is 3.30. The minimum Gasteiger partial charge on any atom is -0.368 e. The van der Waals surface area contributed by atoms with Crippen molar-refractivity contribution in [3.63, 3.8) is 0 Å². The number of amides is 2. The highest BCUT2D eigenvalue weighted by Crippen LogP contribution is 2.28. The molecule has 8 heteroatoms. The number of guanidine groups is 1. The van der Waals surface area contributed by atoms with E-state index in [1.807, 2.05) is 30.0 Å². The molecule has 2 aliphatic rings. The Balaban J connectivity index is 1.39. The number of piperazine rings is 1. The highest BCUT2D eigenvalue weighted by molar-refractivity contribution is 5.85. The monoisotopic (exact) mass is 400 g/mol. The van der Waals surface area contributed by atoms with E-state index in [1.165, 1.54) is 5.69 Å². The second-order valence-corrected chi connectivity index (χ2v) is 7.39. The first-order chi connectivity index (χ1) is 14.2. The van der Waals surface area contributed by atoms with Crippen LogP contribution in [0.4, 0.5) is 5.69 Å². The van der Waals surface area contributed by atoms with Crippen LogP contribution in [0.15, 0.2) is 35.3 Å². The van der Waals surface area contributed by atoms with E-state index in [0.29, 0.717) is 38.7 Å². The summed E-state index contributed by atoms with van der Waals surface area (Å²) < 4.78 is 0. The van der Waals surface area contributed by atoms with Crippen LogP contribution in [-0.2, 0) is 9.59 Å². The normalized spacial score (nSPS) is 17.1. The summed E-state index contributed by atoms with van der Waals surface area (Å²) in [6, 6.07) is 10.3. The number of hydrogen-bond donors (Lipinski definition) is 3. The molecular formula is C21H32N6O2. The largest absolute Gasteiger partial charge is 0.368 e. The quantitative estimate of drug-likeness (QED) is 0.334. The highest BCUT2D eigenvalue weighted by Gasteiger charge is 2.29. The summed E-state index contributed by atoms with van der Waals surface area (Å²) in [5.41, 5.74) is 1.20. The van der Waals surface area contributed by atoms with Gasteiger partial charge < -0.3 is 25.8 Å². The Labute approximate surface area is 172 Å². The number of para-hydroxylation sites is 1. The summed E-state index contributed by atoms with van der Waals surface area (Å²) in [6.07, 6.45) is 2.01. The molecule has 2 amide bonds. The molecule has 0 atom stereocenters. The number of nitrogens with zero attached hydrogens (tertiary/aromatic N) is 3. The number of carbonyl (C=O) groups excluding carboxylic acids is 2. The molecule has 2 fully saturated rings. The van der Waals surface area contributed by atoms with Gasteiger partial charge in [0.1, 0.15) is 6.54 Å². The molecule has 1 aromatic rings. The third-order valence-corrected chi connectivity index (χ3v) is 5.14. The van der Waals surface area contributed by atoms with Gasteiger partial charge in [-0.25, -0.2) is 4.99 Å². The molecule has 0 aromatic heterocycles. The van der Waals surface area contributed by atoms with Crippen molar-refractivity contribution >= 4 is 23.5 Å². The molecule has 8 nitrogen and oxygen atoms in total. The second kappa shape index (κ2) is 10.7. The highest BCUT2D eigenvalue weighted by atomic mass is 16.2. The third kappa shape index (κ3) is 6.66. The van der Waals surface area contributed by atoms with Crippen LogP contribution in [0.2, 0.25) is 0 Å². The Bertz CT molecular complexity index is 696. The first-order valence-corrected chi connectivity index (χ1v) is 10.5. The Morgan fingerprint density at radius 3 is 2.34 bits per heavy atom. The van der Waals surface area contributed by atoms with Gasteiger partial charge in [-0.05, 0) is 31.9 Å². The maximum Gasteiger partial charge on any atom is 0.244 e. The van der Waals surface area contributed by atoms with Crippen LogP contribution in [0.25, 0.3) is 0 Å². The molecule has 3 rings (SSSR count). The lowest BCUT2D eigenvalue weighted by atomic mass is 10.2. The number of carbonyl (C=O) groups is 2. The first kappa shape index (κ1) is 21.0. The molecule has 1 heterocycles. The molecule has 3 N–H and O–H groups in total. The minimum atomic E-state index is 0.0388. The zero-order valence-corrected chi connectivity index (χ0v) is 17.2. The van der Waals surface area contributed by atoms with Gasteiger partial charge in [0.15, 0.2) is 5.96 Å². The van der Waals surface area contributed by atoms with E-state index in [1.54, 1.807) is 0 Å². The Kier molecular flexibility index (Phi) is 7.72. The summed E-state index contributed by atoms with van der Waals surface area (Å²) in [4.78, 5) is 32.8. The van der Waals surface area contributed by atoms with Crippen LogP contribution in [0, 0.1) is 5.92 Å². The molecule has 1 saturated carbocycles. The molecule has 0 bridgehead atoms. The van der Waals surface area contributed by atoms with Crippen molar-refractivity contribution in [1.82, 2.24) is 20.9 Å². The Hall–Kier alpha value is -2.77. The Morgan fingerprint density at radius 1 is 1.00 bits per heavy atom. The molecule has 0 spiro atoms. The van der Waals surface area contributed by atoms with E-state index in [4.69, 9.17) is 0 Å². The number of rotatable bonds is 8. The Morgan fingerprint density at radius 2 is 1.69 bits per heavy atom. The summed E-state index contributed by atoms with van der Waals surface area (Å²) >= 11 is 0. The molecule has 29 heavy (non-hydrogen) atoms. The number of anilines is 1. The second-order valence-electron chi connectivity index (χ2n) is 7.39. The number of benzene rings is 1. The van der Waals surface area contributed by atoms with Gasteiger partial charge in [0.05, 0.1) is 0 Å². The summed E-state index contributed by atoms with van der Waals surface area (Å²) in [7, 11) is 0. The molecule has 158 valence electrons. The van der Waals surface area contributed by atoms with E-state index in [9.17, 15) is 9.59 Å². The molecule has 0 radical (unpaired) electrons. The molecule has 1 aliphatic heterocycles. The van der Waals surface area contributed by atoms with Crippen LogP contribution in [0.1, 0.15) is 19.8 Å². The lowest BCUT2D eigenvalue weighted by molar-refractivity contribution is -0.129. The summed E-state index contributed by atoms with van der Waals surface area (Å²) in [5, 5.41) is 9.22. The average molecular weight is 401 g/mol. The van der Waals surface area contributed by atoms with Crippen LogP contribution in [0.3, 0.4) is 0 Å². The maximum atomic E-state index is 12.5. The standard InChI is InChI=1S/C21H32N6O2/c1-2-22-21(24-11-10-23-20(29)17-8-9-17)25-16-19(28)27-14-12-26(13-15-27)18-6-4-3-5-7-18/h3-7,17H,2,8-16H2,1H3,(H,23,29)(H2,22,24,25). The SMILES string of the molecule is CCNC(=NCC(=O)N1CCN(c2ccccc2)CC1)NCCNC(=O)C1CC1. The number of nitrogens with one attached hydrogen (secondary N) is 3. The van der Waals surface area contributed by atoms with Crippen LogP contribution < -0.4 is 20.9 Å². The van der Waals surface area contributed by atoms with Crippen molar-refractivity contribution in [3.05, 3.63) is 30.3 Å². The van der Waals surface area contributed by atoms with Gasteiger partial charge in [-0.3, -0.25) is 9.59 Å². The predicted molar refractivity (Wildman–Crippen MR) is 115 cm³/mol. The van der Waals surface area contributed by atoms with Gasteiger partial charge in [-0.2, -0.15) is 0 Å². The first-order valence-electron chi connectivity index (χ1n) is 10.5. The van der Waals surface area contributed by atoms with Crippen LogP contribution in [0.5, 0.6) is 0 Å². The zero-order valence-electron chi connectivity index (χ0n) is 17.2. The fourth-order valence-electron chi connectivity index (χ4n) is 3.30. The number of hydrogen-bond acceptors (Lipinski definition) is 4. The van der Waals surface area contributed by atoms with Crippen molar-refractivity contribution in [2.45, 2.75) is 19.8 Å². The van der Waals surface area contributed by atoms with Gasteiger partial charge in [-0.1, -0.05) is 18.2 Å². The van der Waals surface area contributed by atoms with Gasteiger partial charge in [-0.15, -0.1) is 0 Å². The minimum absolute atomic E-state index is 0.0388. The molecular weight excluding hydrogens is 368 g/mol. The van der Waals surface area contributed by atoms with E-state index in [0.717, 1.165) is 25.9 Å². The van der Waals surface area contributed by atoms with Crippen molar-refractivity contribution < 1.29 is 9.59 Å². The van der Waals surface area contributed by atoms with E-state index in [-0.39, 0.29) is 24.3 Å². The van der Waals surface area contributed by atoms with Crippen molar-refractivity contribution in [1.29, 1.82) is 0 Å². The van der Waals surface area contributed by atoms with E-state index < -0.39 is 0 Å². The van der Waals surface area contributed by atoms with Crippen LogP contribution in [-0.4, -0.2) is 75.0 Å². The molecule has 1 aliphatic carbocycles. The van der Waals surface area contributed by atoms with Crippen molar-refractivity contribution in [3.8, 4) is 0 Å². The van der Waals surface area contributed by atoms with Crippen LogP contribution >= 0.6 is 0 Å². The fraction of sp³-hybridized carbons (Fsp3) is 0.571. The van der Waals surface area contributed by atoms with Gasteiger partial charge in [0.2, 0.25) is 11.8 Å². The lowest BCUT2D eigenvalue weighted by Crippen LogP contribution is -2.49. The topological polar surface area (TPSA) is 89.1 Å². The zero-order chi connectivity index (χ0) is 20.5. The van der Waals surface area contributed by atoms with Crippen molar-refractivity contribution in [2.24, 2.45) is 10.9 Å². The van der Waals surface area contributed by atoms with Gasteiger partial charge in [0, 0.05) is 57.4 Å².